The Kier molecular flexibility index (Phi) is 5.93. The van der Waals surface area contributed by atoms with Crippen molar-refractivity contribution in [1.82, 2.24) is 14.9 Å². The smallest absolute Gasteiger partial charge is 0.293 e. The second kappa shape index (κ2) is 8.36. The van der Waals surface area contributed by atoms with E-state index in [0.29, 0.717) is 17.9 Å². The van der Waals surface area contributed by atoms with Crippen LogP contribution in [0.4, 0.5) is 5.82 Å². The number of hydrogen-bond acceptors (Lipinski definition) is 5. The first-order valence-corrected chi connectivity index (χ1v) is 9.22. The first-order valence-electron chi connectivity index (χ1n) is 9.22. The topological polar surface area (TPSA) is 59.4 Å². The molecular formula is C20H28N4O2. The molecule has 1 N–H and O–H groups in total. The van der Waals surface area contributed by atoms with Gasteiger partial charge >= 0.3 is 0 Å². The first-order chi connectivity index (χ1) is 12.6. The molecule has 0 unspecified atom stereocenters. The monoisotopic (exact) mass is 356 g/mol. The highest BCUT2D eigenvalue weighted by atomic mass is 16.5. The van der Waals surface area contributed by atoms with Crippen LogP contribution in [-0.4, -0.2) is 41.8 Å². The number of piperidine rings is 1. The van der Waals surface area contributed by atoms with Gasteiger partial charge in [0.05, 0.1) is 7.11 Å². The standard InChI is InChI=1S/C20H28N4O2/c1-15(13-16-6-8-18(26-3)9-7-16)22-17-5-4-11-24(14-17)19-20(25)23(2)12-10-21-19/h6-10,12,15,17,22H,4-5,11,13-14H2,1-3H3/t15-,17+/m1/s1. The predicted molar refractivity (Wildman–Crippen MR) is 104 cm³/mol. The lowest BCUT2D eigenvalue weighted by Gasteiger charge is -2.35. The molecule has 2 heterocycles. The lowest BCUT2D eigenvalue weighted by atomic mass is 10.0. The average Bonchev–Trinajstić information content (AvgIpc) is 2.65. The van der Waals surface area contributed by atoms with E-state index in [-0.39, 0.29) is 5.56 Å². The Labute approximate surface area is 154 Å². The van der Waals surface area contributed by atoms with Crippen LogP contribution in [0, 0.1) is 0 Å². The summed E-state index contributed by atoms with van der Waals surface area (Å²) >= 11 is 0. The van der Waals surface area contributed by atoms with Crippen molar-refractivity contribution in [2.45, 2.75) is 38.3 Å². The van der Waals surface area contributed by atoms with Gasteiger partial charge in [0.15, 0.2) is 5.82 Å². The van der Waals surface area contributed by atoms with Gasteiger partial charge in [0.2, 0.25) is 0 Å². The van der Waals surface area contributed by atoms with Gasteiger partial charge in [0.1, 0.15) is 5.75 Å². The number of nitrogens with zero attached hydrogens (tertiary/aromatic N) is 3. The van der Waals surface area contributed by atoms with Crippen molar-refractivity contribution < 1.29 is 4.74 Å². The number of aryl methyl sites for hydroxylation is 1. The summed E-state index contributed by atoms with van der Waals surface area (Å²) in [6.07, 6.45) is 6.54. The summed E-state index contributed by atoms with van der Waals surface area (Å²) in [5, 5.41) is 3.72. The molecule has 0 bridgehead atoms. The van der Waals surface area contributed by atoms with Gasteiger partial charge in [-0.1, -0.05) is 12.1 Å². The van der Waals surface area contributed by atoms with Gasteiger partial charge < -0.3 is 19.5 Å². The van der Waals surface area contributed by atoms with E-state index >= 15 is 0 Å². The minimum atomic E-state index is -0.0283. The fourth-order valence-corrected chi connectivity index (χ4v) is 3.58. The maximum atomic E-state index is 12.3. The molecular weight excluding hydrogens is 328 g/mol. The number of anilines is 1. The van der Waals surface area contributed by atoms with Gasteiger partial charge in [-0.15, -0.1) is 0 Å². The number of benzene rings is 1. The molecule has 140 valence electrons. The third kappa shape index (κ3) is 4.43. The zero-order valence-corrected chi connectivity index (χ0v) is 15.8. The van der Waals surface area contributed by atoms with Crippen LogP contribution in [0.5, 0.6) is 5.75 Å². The Morgan fingerprint density at radius 2 is 2.12 bits per heavy atom. The van der Waals surface area contributed by atoms with Gasteiger partial charge in [0.25, 0.3) is 5.56 Å². The van der Waals surface area contributed by atoms with Crippen LogP contribution in [0.2, 0.25) is 0 Å². The van der Waals surface area contributed by atoms with Crippen molar-refractivity contribution in [3.05, 3.63) is 52.6 Å². The second-order valence-corrected chi connectivity index (χ2v) is 7.07. The van der Waals surface area contributed by atoms with Crippen molar-refractivity contribution in [3.8, 4) is 5.75 Å². The molecule has 1 saturated heterocycles. The number of ether oxygens (including phenoxy) is 1. The third-order valence-corrected chi connectivity index (χ3v) is 4.94. The molecule has 0 radical (unpaired) electrons. The zero-order chi connectivity index (χ0) is 18.5. The third-order valence-electron chi connectivity index (χ3n) is 4.94. The van der Waals surface area contributed by atoms with Crippen LogP contribution in [0.15, 0.2) is 41.5 Å². The van der Waals surface area contributed by atoms with Gasteiger partial charge in [-0.2, -0.15) is 0 Å². The fraction of sp³-hybridized carbons (Fsp3) is 0.500. The number of methoxy groups -OCH3 is 1. The molecule has 6 nitrogen and oxygen atoms in total. The summed E-state index contributed by atoms with van der Waals surface area (Å²) in [7, 11) is 3.45. The maximum absolute atomic E-state index is 12.3. The lowest BCUT2D eigenvalue weighted by molar-refractivity contribution is 0.380. The van der Waals surface area contributed by atoms with Crippen LogP contribution in [-0.2, 0) is 13.5 Å². The van der Waals surface area contributed by atoms with Gasteiger partial charge in [-0.3, -0.25) is 4.79 Å². The Hall–Kier alpha value is -2.34. The number of nitrogens with one attached hydrogen (secondary N) is 1. The fourth-order valence-electron chi connectivity index (χ4n) is 3.58. The van der Waals surface area contributed by atoms with E-state index < -0.39 is 0 Å². The summed E-state index contributed by atoms with van der Waals surface area (Å²) in [5.74, 6) is 1.44. The summed E-state index contributed by atoms with van der Waals surface area (Å²) in [4.78, 5) is 18.7. The molecule has 3 rings (SSSR count). The highest BCUT2D eigenvalue weighted by Crippen LogP contribution is 2.16. The molecule has 2 atom stereocenters. The normalized spacial score (nSPS) is 18.6. The molecule has 1 aromatic carbocycles. The minimum Gasteiger partial charge on any atom is -0.497 e. The van der Waals surface area contributed by atoms with Crippen molar-refractivity contribution in [1.29, 1.82) is 0 Å². The highest BCUT2D eigenvalue weighted by Gasteiger charge is 2.24. The van der Waals surface area contributed by atoms with E-state index in [1.807, 2.05) is 12.1 Å². The summed E-state index contributed by atoms with van der Waals surface area (Å²) in [6, 6.07) is 8.95. The van der Waals surface area contributed by atoms with Crippen LogP contribution >= 0.6 is 0 Å². The molecule has 0 aliphatic carbocycles. The minimum absolute atomic E-state index is 0.0283. The Bertz CT molecular complexity index is 772. The van der Waals surface area contributed by atoms with Gasteiger partial charge in [-0.25, -0.2) is 4.98 Å². The molecule has 2 aromatic rings. The molecule has 6 heteroatoms. The van der Waals surface area contributed by atoms with Crippen molar-refractivity contribution in [3.63, 3.8) is 0 Å². The Morgan fingerprint density at radius 1 is 1.35 bits per heavy atom. The Balaban J connectivity index is 1.59. The molecule has 1 fully saturated rings. The SMILES string of the molecule is COc1ccc(C[C@@H](C)N[C@H]2CCCN(c3nccn(C)c3=O)C2)cc1. The van der Waals surface area contributed by atoms with Crippen LogP contribution in [0.1, 0.15) is 25.3 Å². The second-order valence-electron chi connectivity index (χ2n) is 7.07. The number of rotatable bonds is 6. The quantitative estimate of drug-likeness (QED) is 0.858. The van der Waals surface area contributed by atoms with Crippen LogP contribution in [0.3, 0.4) is 0 Å². The molecule has 0 saturated carbocycles. The summed E-state index contributed by atoms with van der Waals surface area (Å²) in [6.45, 7) is 3.92. The van der Waals surface area contributed by atoms with E-state index in [2.05, 4.69) is 34.3 Å². The van der Waals surface area contributed by atoms with E-state index in [4.69, 9.17) is 4.74 Å². The van der Waals surface area contributed by atoms with Crippen molar-refractivity contribution >= 4 is 5.82 Å². The van der Waals surface area contributed by atoms with Crippen LogP contribution in [0.25, 0.3) is 0 Å². The molecule has 1 aromatic heterocycles. The molecule has 26 heavy (non-hydrogen) atoms. The molecule has 0 amide bonds. The average molecular weight is 356 g/mol. The van der Waals surface area contributed by atoms with Crippen molar-refractivity contribution in [2.24, 2.45) is 7.05 Å². The lowest BCUT2D eigenvalue weighted by Crippen LogP contribution is -2.50. The van der Waals surface area contributed by atoms with E-state index in [9.17, 15) is 4.79 Å². The van der Waals surface area contributed by atoms with Crippen LogP contribution < -0.4 is 20.5 Å². The summed E-state index contributed by atoms with van der Waals surface area (Å²) < 4.78 is 6.80. The maximum Gasteiger partial charge on any atom is 0.293 e. The predicted octanol–water partition coefficient (Wildman–Crippen LogP) is 1.98. The number of hydrogen-bond donors (Lipinski definition) is 1. The number of aromatic nitrogens is 2. The first kappa shape index (κ1) is 18.5. The van der Waals surface area contributed by atoms with E-state index in [1.54, 1.807) is 31.1 Å². The van der Waals surface area contributed by atoms with E-state index in [1.165, 1.54) is 5.56 Å². The van der Waals surface area contributed by atoms with Crippen molar-refractivity contribution in [2.75, 3.05) is 25.1 Å². The van der Waals surface area contributed by atoms with Gasteiger partial charge in [-0.05, 0) is 43.9 Å². The zero-order valence-electron chi connectivity index (χ0n) is 15.8. The summed E-state index contributed by atoms with van der Waals surface area (Å²) in [5.41, 5.74) is 1.26. The van der Waals surface area contributed by atoms with E-state index in [0.717, 1.165) is 38.1 Å². The highest BCUT2D eigenvalue weighted by molar-refractivity contribution is 5.36. The molecule has 1 aliphatic rings. The molecule has 1 aliphatic heterocycles. The molecule has 0 spiro atoms. The largest absolute Gasteiger partial charge is 0.497 e. The Morgan fingerprint density at radius 3 is 2.85 bits per heavy atom. The van der Waals surface area contributed by atoms with Gasteiger partial charge in [0, 0.05) is 44.6 Å².